The summed E-state index contributed by atoms with van der Waals surface area (Å²) in [5.74, 6) is 0.946. The van der Waals surface area contributed by atoms with E-state index in [1.807, 2.05) is 61.2 Å². The Hall–Kier alpha value is -2.59. The van der Waals surface area contributed by atoms with Gasteiger partial charge in [0.1, 0.15) is 0 Å². The summed E-state index contributed by atoms with van der Waals surface area (Å²) in [7, 11) is 1.97. The van der Waals surface area contributed by atoms with Crippen LogP contribution in [-0.4, -0.2) is 23.6 Å². The fraction of sp³-hybridized carbons (Fsp3) is 0.348. The molecule has 0 saturated heterocycles. The van der Waals surface area contributed by atoms with Crippen molar-refractivity contribution in [2.24, 2.45) is 5.92 Å². The second-order valence-corrected chi connectivity index (χ2v) is 8.11. The van der Waals surface area contributed by atoms with Gasteiger partial charge in [-0.1, -0.05) is 56.3 Å². The second-order valence-electron chi connectivity index (χ2n) is 8.11. The Morgan fingerprint density at radius 2 is 1.67 bits per heavy atom. The molecule has 4 nitrogen and oxygen atoms in total. The van der Waals surface area contributed by atoms with Crippen LogP contribution in [-0.2, 0) is 16.2 Å². The van der Waals surface area contributed by atoms with E-state index in [0.29, 0.717) is 6.54 Å². The highest BCUT2D eigenvalue weighted by molar-refractivity contribution is 6.03. The Morgan fingerprint density at radius 1 is 1.04 bits per heavy atom. The molecular formula is C23H26N2O2. The van der Waals surface area contributed by atoms with E-state index in [4.69, 9.17) is 4.84 Å². The first-order valence-electron chi connectivity index (χ1n) is 9.48. The monoisotopic (exact) mass is 362 g/mol. The first-order chi connectivity index (χ1) is 12.8. The highest BCUT2D eigenvalue weighted by Crippen LogP contribution is 2.49. The summed E-state index contributed by atoms with van der Waals surface area (Å²) in [5.41, 5.74) is 4.97. The maximum Gasteiger partial charge on any atom is 0.229 e. The van der Waals surface area contributed by atoms with Gasteiger partial charge in [0, 0.05) is 29.7 Å². The van der Waals surface area contributed by atoms with Crippen molar-refractivity contribution in [1.82, 2.24) is 5.06 Å². The molecule has 0 unspecified atom stereocenters. The van der Waals surface area contributed by atoms with Crippen LogP contribution >= 0.6 is 0 Å². The van der Waals surface area contributed by atoms with Gasteiger partial charge >= 0.3 is 0 Å². The number of likely N-dealkylation sites (N-methyl/N-ethyl adjacent to an activating group) is 1. The van der Waals surface area contributed by atoms with Gasteiger partial charge in [0.2, 0.25) is 5.91 Å². The Kier molecular flexibility index (Phi) is 4.11. The lowest BCUT2D eigenvalue weighted by molar-refractivity contribution is -0.121. The number of hydrogen-bond donors (Lipinski definition) is 0. The predicted molar refractivity (Wildman–Crippen MR) is 109 cm³/mol. The van der Waals surface area contributed by atoms with Gasteiger partial charge in [-0.3, -0.25) is 4.79 Å². The number of hydrogen-bond acceptors (Lipinski definition) is 3. The van der Waals surface area contributed by atoms with Crippen molar-refractivity contribution in [2.45, 2.75) is 39.8 Å². The fourth-order valence-corrected chi connectivity index (χ4v) is 3.93. The van der Waals surface area contributed by atoms with E-state index in [1.165, 1.54) is 0 Å². The van der Waals surface area contributed by atoms with E-state index in [0.717, 1.165) is 33.7 Å². The van der Waals surface area contributed by atoms with Crippen molar-refractivity contribution in [3.05, 3.63) is 65.2 Å². The van der Waals surface area contributed by atoms with Gasteiger partial charge in [-0.25, -0.2) is 0 Å². The van der Waals surface area contributed by atoms with E-state index in [2.05, 4.69) is 32.0 Å². The minimum atomic E-state index is -0.317. The lowest BCUT2D eigenvalue weighted by Gasteiger charge is -2.32. The van der Waals surface area contributed by atoms with Crippen LogP contribution in [0, 0.1) is 5.92 Å². The van der Waals surface area contributed by atoms with Gasteiger partial charge in [0.15, 0.2) is 5.76 Å². The normalized spacial score (nSPS) is 18.4. The van der Waals surface area contributed by atoms with Gasteiger partial charge in [0.25, 0.3) is 0 Å². The fourth-order valence-electron chi connectivity index (χ4n) is 3.93. The van der Waals surface area contributed by atoms with Gasteiger partial charge in [-0.15, -0.1) is 5.06 Å². The number of fused-ring (bicyclic) bond motifs is 4. The molecule has 27 heavy (non-hydrogen) atoms. The van der Waals surface area contributed by atoms with Gasteiger partial charge in [0.05, 0.1) is 17.8 Å². The molecular weight excluding hydrogens is 336 g/mol. The van der Waals surface area contributed by atoms with E-state index in [9.17, 15) is 4.79 Å². The highest BCUT2D eigenvalue weighted by Gasteiger charge is 2.44. The third kappa shape index (κ3) is 2.67. The SMILES string of the molecule is CC(C)C(=O)N1Cc2ccccc2C2=C(c3ccccc31)C(C)(C)N(C)O2. The van der Waals surface area contributed by atoms with Crippen LogP contribution < -0.4 is 4.90 Å². The van der Waals surface area contributed by atoms with Gasteiger partial charge in [-0.2, -0.15) is 0 Å². The molecule has 1 amide bonds. The van der Waals surface area contributed by atoms with Crippen molar-refractivity contribution in [2.75, 3.05) is 11.9 Å². The molecule has 0 aliphatic carbocycles. The van der Waals surface area contributed by atoms with Crippen LogP contribution in [0.4, 0.5) is 5.69 Å². The average Bonchev–Trinajstić information content (AvgIpc) is 2.87. The van der Waals surface area contributed by atoms with Gasteiger partial charge in [-0.05, 0) is 25.5 Å². The lowest BCUT2D eigenvalue weighted by atomic mass is 9.83. The molecule has 140 valence electrons. The van der Waals surface area contributed by atoms with Crippen molar-refractivity contribution < 1.29 is 9.63 Å². The molecule has 4 heteroatoms. The maximum atomic E-state index is 13.1. The summed E-state index contributed by atoms with van der Waals surface area (Å²) in [5, 5.41) is 1.91. The van der Waals surface area contributed by atoms with Gasteiger partial charge < -0.3 is 9.74 Å². The number of rotatable bonds is 1. The summed E-state index contributed by atoms with van der Waals surface area (Å²) >= 11 is 0. The van der Waals surface area contributed by atoms with Crippen LogP contribution in [0.1, 0.15) is 44.4 Å². The van der Waals surface area contributed by atoms with E-state index < -0.39 is 0 Å². The Labute approximate surface area is 161 Å². The topological polar surface area (TPSA) is 32.8 Å². The summed E-state index contributed by atoms with van der Waals surface area (Å²) in [6.07, 6.45) is 0. The smallest absolute Gasteiger partial charge is 0.229 e. The molecule has 0 radical (unpaired) electrons. The molecule has 2 aromatic carbocycles. The molecule has 2 aromatic rings. The van der Waals surface area contributed by atoms with Crippen LogP contribution in [0.25, 0.3) is 11.3 Å². The molecule has 0 atom stereocenters. The number of benzene rings is 2. The van der Waals surface area contributed by atoms with Crippen molar-refractivity contribution in [1.29, 1.82) is 0 Å². The average molecular weight is 362 g/mol. The molecule has 0 spiro atoms. The molecule has 0 N–H and O–H groups in total. The number of anilines is 1. The quantitative estimate of drug-likeness (QED) is 0.736. The number of carbonyl (C=O) groups excluding carboxylic acids is 1. The van der Waals surface area contributed by atoms with Crippen LogP contribution in [0.3, 0.4) is 0 Å². The Balaban J connectivity index is 2.06. The molecule has 0 fully saturated rings. The predicted octanol–water partition coefficient (Wildman–Crippen LogP) is 4.71. The summed E-state index contributed by atoms with van der Waals surface area (Å²) in [4.78, 5) is 21.3. The highest BCUT2D eigenvalue weighted by atomic mass is 16.7. The third-order valence-corrected chi connectivity index (χ3v) is 5.67. The zero-order valence-corrected chi connectivity index (χ0v) is 16.6. The number of hydroxylamine groups is 2. The standard InChI is InChI=1S/C23H26N2O2/c1-15(2)22(26)25-14-16-10-6-7-11-17(16)21-20(23(3,4)24(5)27-21)18-12-8-9-13-19(18)25/h6-13,15H,14H2,1-5H3. The minimum Gasteiger partial charge on any atom is -0.404 e. The molecule has 4 rings (SSSR count). The molecule has 2 aliphatic heterocycles. The van der Waals surface area contributed by atoms with Crippen molar-refractivity contribution in [3.8, 4) is 0 Å². The zero-order chi connectivity index (χ0) is 19.3. The number of nitrogens with zero attached hydrogens (tertiary/aromatic N) is 2. The van der Waals surface area contributed by atoms with Crippen LogP contribution in [0.2, 0.25) is 0 Å². The Bertz CT molecular complexity index is 943. The lowest BCUT2D eigenvalue weighted by Crippen LogP contribution is -2.38. The van der Waals surface area contributed by atoms with Crippen molar-refractivity contribution in [3.63, 3.8) is 0 Å². The maximum absolute atomic E-state index is 13.1. The molecule has 2 heterocycles. The van der Waals surface area contributed by atoms with E-state index in [1.54, 1.807) is 0 Å². The number of amides is 1. The van der Waals surface area contributed by atoms with Crippen LogP contribution in [0.15, 0.2) is 48.5 Å². The largest absolute Gasteiger partial charge is 0.404 e. The minimum absolute atomic E-state index is 0.0754. The first-order valence-corrected chi connectivity index (χ1v) is 9.48. The zero-order valence-electron chi connectivity index (χ0n) is 16.6. The third-order valence-electron chi connectivity index (χ3n) is 5.67. The second kappa shape index (κ2) is 6.24. The molecule has 0 saturated carbocycles. The summed E-state index contributed by atoms with van der Waals surface area (Å²) < 4.78 is 0. The van der Waals surface area contributed by atoms with Crippen molar-refractivity contribution >= 4 is 22.9 Å². The molecule has 0 aromatic heterocycles. The molecule has 0 bridgehead atoms. The van der Waals surface area contributed by atoms with Crippen LogP contribution in [0.5, 0.6) is 0 Å². The molecule has 2 aliphatic rings. The number of carbonyl (C=O) groups is 1. The first kappa shape index (κ1) is 17.8. The summed E-state index contributed by atoms with van der Waals surface area (Å²) in [6.45, 7) is 8.76. The summed E-state index contributed by atoms with van der Waals surface area (Å²) in [6, 6.07) is 16.4. The number of para-hydroxylation sites is 1. The van der Waals surface area contributed by atoms with E-state index in [-0.39, 0.29) is 17.4 Å². The van der Waals surface area contributed by atoms with E-state index >= 15 is 0 Å². The Morgan fingerprint density at radius 3 is 2.37 bits per heavy atom.